The molecule has 7 nitrogen and oxygen atoms in total. The van der Waals surface area contributed by atoms with Gasteiger partial charge < -0.3 is 15.9 Å². The van der Waals surface area contributed by atoms with Crippen molar-refractivity contribution in [3.63, 3.8) is 0 Å². The number of nitrogens with zero attached hydrogens (tertiary/aromatic N) is 1. The van der Waals surface area contributed by atoms with Crippen molar-refractivity contribution in [3.05, 3.63) is 39.4 Å². The summed E-state index contributed by atoms with van der Waals surface area (Å²) >= 11 is 0. The van der Waals surface area contributed by atoms with E-state index in [1.807, 2.05) is 0 Å². The molecule has 4 N–H and O–H groups in total. The predicted molar refractivity (Wildman–Crippen MR) is 63.1 cm³/mol. The Morgan fingerprint density at radius 3 is 2.61 bits per heavy atom. The highest BCUT2D eigenvalue weighted by Crippen LogP contribution is 2.25. The maximum Gasteiger partial charge on any atom is 0.270 e. The molecule has 0 bridgehead atoms. The lowest BCUT2D eigenvalue weighted by atomic mass is 9.97. The number of non-ortho nitro benzene ring substituents is 1. The van der Waals surface area contributed by atoms with E-state index in [0.29, 0.717) is 6.29 Å². The normalized spacial score (nSPS) is 13.9. The summed E-state index contributed by atoms with van der Waals surface area (Å²) in [4.78, 5) is 20.8. The molecule has 0 heterocycles. The average molecular weight is 254 g/mol. The van der Waals surface area contributed by atoms with Gasteiger partial charge in [-0.05, 0) is 24.6 Å². The van der Waals surface area contributed by atoms with E-state index < -0.39 is 17.1 Å². The molecular weight excluding hydrogens is 240 g/mol. The van der Waals surface area contributed by atoms with E-state index in [4.69, 9.17) is 5.73 Å². The fourth-order valence-electron chi connectivity index (χ4n) is 1.58. The number of aliphatic hydroxyl groups is 2. The number of carbonyl (C=O) groups is 1. The molecule has 0 fully saturated rings. The second-order valence-electron chi connectivity index (χ2n) is 3.78. The second kappa shape index (κ2) is 6.20. The highest BCUT2D eigenvalue weighted by atomic mass is 16.6. The van der Waals surface area contributed by atoms with E-state index in [1.165, 1.54) is 12.1 Å². The van der Waals surface area contributed by atoms with Gasteiger partial charge in [0.25, 0.3) is 5.69 Å². The molecule has 0 aromatic heterocycles. The van der Waals surface area contributed by atoms with E-state index in [1.54, 1.807) is 0 Å². The first-order valence-electron chi connectivity index (χ1n) is 5.31. The summed E-state index contributed by atoms with van der Waals surface area (Å²) in [5.41, 5.74) is 5.13. The third-order valence-electron chi connectivity index (χ3n) is 2.55. The summed E-state index contributed by atoms with van der Waals surface area (Å²) in [6.07, 6.45) is -1.85. The molecule has 0 spiro atoms. The average Bonchev–Trinajstić information content (AvgIpc) is 2.37. The minimum absolute atomic E-state index is 0.0206. The van der Waals surface area contributed by atoms with Crippen molar-refractivity contribution in [2.24, 2.45) is 5.73 Å². The van der Waals surface area contributed by atoms with Crippen LogP contribution in [0, 0.1) is 10.1 Å². The monoisotopic (exact) mass is 254 g/mol. The number of benzene rings is 1. The van der Waals surface area contributed by atoms with Gasteiger partial charge in [0, 0.05) is 17.7 Å². The number of nitrogens with two attached hydrogens (primary N) is 1. The fourth-order valence-corrected chi connectivity index (χ4v) is 1.58. The lowest BCUT2D eigenvalue weighted by molar-refractivity contribution is -0.384. The van der Waals surface area contributed by atoms with E-state index in [0.717, 1.165) is 6.07 Å². The van der Waals surface area contributed by atoms with Crippen molar-refractivity contribution in [1.29, 1.82) is 0 Å². The predicted octanol–water partition coefficient (Wildman–Crippen LogP) is 0.150. The van der Waals surface area contributed by atoms with Crippen LogP contribution in [0.5, 0.6) is 0 Å². The number of aldehydes is 1. The smallest absolute Gasteiger partial charge is 0.270 e. The molecule has 0 aliphatic heterocycles. The van der Waals surface area contributed by atoms with E-state index in [-0.39, 0.29) is 29.8 Å². The van der Waals surface area contributed by atoms with Crippen LogP contribution in [0.15, 0.2) is 18.2 Å². The molecule has 2 atom stereocenters. The molecule has 0 saturated carbocycles. The van der Waals surface area contributed by atoms with Gasteiger partial charge in [0.1, 0.15) is 6.10 Å². The Balaban J connectivity index is 3.08. The van der Waals surface area contributed by atoms with Crippen molar-refractivity contribution < 1.29 is 19.9 Å². The first kappa shape index (κ1) is 14.2. The molecule has 0 aliphatic carbocycles. The van der Waals surface area contributed by atoms with Gasteiger partial charge in [-0.25, -0.2) is 0 Å². The maximum atomic E-state index is 10.8. The van der Waals surface area contributed by atoms with Gasteiger partial charge in [0.15, 0.2) is 6.29 Å². The Labute approximate surface area is 103 Å². The van der Waals surface area contributed by atoms with Gasteiger partial charge in [0.2, 0.25) is 0 Å². The first-order chi connectivity index (χ1) is 8.51. The summed E-state index contributed by atoms with van der Waals surface area (Å²) in [6.45, 7) is 0.182. The van der Waals surface area contributed by atoms with Crippen molar-refractivity contribution in [2.45, 2.75) is 18.6 Å². The molecule has 0 saturated heterocycles. The molecule has 1 rings (SSSR count). The molecule has 18 heavy (non-hydrogen) atoms. The van der Waals surface area contributed by atoms with Crippen LogP contribution < -0.4 is 5.73 Å². The van der Waals surface area contributed by atoms with Crippen LogP contribution in [0.3, 0.4) is 0 Å². The number of carbonyl (C=O) groups excluding carboxylic acids is 1. The lowest BCUT2D eigenvalue weighted by Crippen LogP contribution is -2.22. The molecule has 1 aromatic rings. The quantitative estimate of drug-likeness (QED) is 0.377. The fraction of sp³-hybridized carbons (Fsp3) is 0.364. The minimum atomic E-state index is -1.30. The zero-order valence-corrected chi connectivity index (χ0v) is 9.52. The maximum absolute atomic E-state index is 10.8. The van der Waals surface area contributed by atoms with Gasteiger partial charge in [-0.3, -0.25) is 14.9 Å². The Morgan fingerprint density at radius 2 is 2.11 bits per heavy atom. The van der Waals surface area contributed by atoms with Gasteiger partial charge in [-0.1, -0.05) is 0 Å². The van der Waals surface area contributed by atoms with Crippen LogP contribution in [0.4, 0.5) is 5.69 Å². The Kier molecular flexibility index (Phi) is 4.90. The van der Waals surface area contributed by atoms with Gasteiger partial charge in [-0.15, -0.1) is 0 Å². The second-order valence-corrected chi connectivity index (χ2v) is 3.78. The van der Waals surface area contributed by atoms with Gasteiger partial charge in [0.05, 0.1) is 11.0 Å². The van der Waals surface area contributed by atoms with Gasteiger partial charge >= 0.3 is 0 Å². The third kappa shape index (κ3) is 3.10. The Morgan fingerprint density at radius 1 is 1.44 bits per heavy atom. The van der Waals surface area contributed by atoms with Crippen LogP contribution in [0.2, 0.25) is 0 Å². The topological polar surface area (TPSA) is 127 Å². The van der Waals surface area contributed by atoms with E-state index in [2.05, 4.69) is 0 Å². The van der Waals surface area contributed by atoms with Crippen LogP contribution in [-0.4, -0.2) is 34.1 Å². The number of hydrogen-bond donors (Lipinski definition) is 3. The Bertz CT molecular complexity index is 449. The van der Waals surface area contributed by atoms with Crippen molar-refractivity contribution >= 4 is 12.0 Å². The van der Waals surface area contributed by atoms with Crippen molar-refractivity contribution in [2.75, 3.05) is 6.54 Å². The number of nitro benzene ring substituents is 1. The summed E-state index contributed by atoms with van der Waals surface area (Å²) in [5.74, 6) is 0. The zero-order valence-electron chi connectivity index (χ0n) is 9.52. The SMILES string of the molecule is NCCC(O)C(O)c1ccc([N+](=O)[O-])cc1C=O. The number of hydrogen-bond acceptors (Lipinski definition) is 6. The van der Waals surface area contributed by atoms with Crippen molar-refractivity contribution in [1.82, 2.24) is 0 Å². The number of rotatable bonds is 6. The summed E-state index contributed by atoms with van der Waals surface area (Å²) in [6, 6.07) is 3.48. The summed E-state index contributed by atoms with van der Waals surface area (Å²) in [7, 11) is 0. The largest absolute Gasteiger partial charge is 0.390 e. The molecule has 7 heteroatoms. The van der Waals surface area contributed by atoms with Crippen LogP contribution in [-0.2, 0) is 0 Å². The van der Waals surface area contributed by atoms with Crippen molar-refractivity contribution in [3.8, 4) is 0 Å². The standard InChI is InChI=1S/C11H14N2O5/c12-4-3-10(15)11(16)9-2-1-8(13(17)18)5-7(9)6-14/h1-2,5-6,10-11,15-16H,3-4,12H2. The van der Waals surface area contributed by atoms with E-state index >= 15 is 0 Å². The highest BCUT2D eigenvalue weighted by Gasteiger charge is 2.22. The third-order valence-corrected chi connectivity index (χ3v) is 2.55. The zero-order chi connectivity index (χ0) is 13.7. The number of aliphatic hydroxyl groups excluding tert-OH is 2. The molecule has 1 aromatic carbocycles. The Hall–Kier alpha value is -1.83. The highest BCUT2D eigenvalue weighted by molar-refractivity contribution is 5.79. The summed E-state index contributed by atoms with van der Waals surface area (Å²) < 4.78 is 0. The minimum Gasteiger partial charge on any atom is -0.390 e. The lowest BCUT2D eigenvalue weighted by Gasteiger charge is -2.18. The molecule has 0 aliphatic rings. The van der Waals surface area contributed by atoms with Crippen LogP contribution in [0.25, 0.3) is 0 Å². The van der Waals surface area contributed by atoms with E-state index in [9.17, 15) is 25.1 Å². The van der Waals surface area contributed by atoms with Crippen LogP contribution >= 0.6 is 0 Å². The first-order valence-corrected chi connectivity index (χ1v) is 5.31. The van der Waals surface area contributed by atoms with Gasteiger partial charge in [-0.2, -0.15) is 0 Å². The molecule has 2 unspecified atom stereocenters. The summed E-state index contributed by atoms with van der Waals surface area (Å²) in [5, 5.41) is 30.0. The number of nitro groups is 1. The molecule has 0 amide bonds. The van der Waals surface area contributed by atoms with Crippen LogP contribution in [0.1, 0.15) is 28.4 Å². The molecular formula is C11H14N2O5. The molecule has 0 radical (unpaired) electrons. The molecule has 98 valence electrons.